The number of hydrogen-bond donors (Lipinski definition) is 3. The maximum Gasteiger partial charge on any atom is 0.251 e. The van der Waals surface area contributed by atoms with Gasteiger partial charge in [-0.15, -0.1) is 0 Å². The lowest BCUT2D eigenvalue weighted by Crippen LogP contribution is -2.63. The predicted octanol–water partition coefficient (Wildman–Crippen LogP) is 1.81. The van der Waals surface area contributed by atoms with Gasteiger partial charge in [-0.05, 0) is 62.3 Å². The third-order valence-corrected chi connectivity index (χ3v) is 7.10. The van der Waals surface area contributed by atoms with Gasteiger partial charge in [-0.2, -0.15) is 0 Å². The molecule has 2 amide bonds. The number of aryl methyl sites for hydroxylation is 1. The van der Waals surface area contributed by atoms with Crippen LogP contribution >= 0.6 is 11.5 Å². The first-order chi connectivity index (χ1) is 14.4. The number of benzene rings is 1. The Labute approximate surface area is 180 Å². The first kappa shape index (κ1) is 21.0. The van der Waals surface area contributed by atoms with Crippen LogP contribution in [0.2, 0.25) is 0 Å². The van der Waals surface area contributed by atoms with Crippen molar-refractivity contribution in [2.75, 3.05) is 19.6 Å². The fourth-order valence-electron chi connectivity index (χ4n) is 4.38. The number of carbonyl (C=O) groups is 2. The first-order valence-electron chi connectivity index (χ1n) is 10.4. The number of carbonyl (C=O) groups excluding carboxylic acids is 2. The van der Waals surface area contributed by atoms with E-state index in [1.165, 1.54) is 11.5 Å². The number of amides is 2. The summed E-state index contributed by atoms with van der Waals surface area (Å²) in [6.45, 7) is 3.55. The van der Waals surface area contributed by atoms with Crippen molar-refractivity contribution in [3.8, 4) is 0 Å². The molecule has 160 valence electrons. The van der Waals surface area contributed by atoms with Crippen LogP contribution in [0.4, 0.5) is 0 Å². The Morgan fingerprint density at radius 3 is 2.70 bits per heavy atom. The second-order valence-electron chi connectivity index (χ2n) is 8.41. The summed E-state index contributed by atoms with van der Waals surface area (Å²) in [4.78, 5) is 27.6. The molecule has 1 saturated carbocycles. The van der Waals surface area contributed by atoms with Gasteiger partial charge in [0.15, 0.2) is 0 Å². The highest BCUT2D eigenvalue weighted by Crippen LogP contribution is 2.40. The van der Waals surface area contributed by atoms with Crippen LogP contribution in [-0.2, 0) is 10.4 Å². The largest absolute Gasteiger partial charge is 0.384 e. The van der Waals surface area contributed by atoms with E-state index in [0.717, 1.165) is 49.2 Å². The number of aliphatic hydroxyl groups is 1. The molecule has 0 radical (unpaired) electrons. The van der Waals surface area contributed by atoms with E-state index in [2.05, 4.69) is 19.9 Å². The molecule has 2 heterocycles. The third kappa shape index (κ3) is 4.71. The van der Waals surface area contributed by atoms with Crippen LogP contribution in [0.3, 0.4) is 0 Å². The summed E-state index contributed by atoms with van der Waals surface area (Å²) in [6.07, 6.45) is 5.13. The Balaban J connectivity index is 1.16. The third-order valence-electron chi connectivity index (χ3n) is 6.16. The lowest BCUT2D eigenvalue weighted by atomic mass is 9.80. The Morgan fingerprint density at radius 2 is 2.03 bits per heavy atom. The van der Waals surface area contributed by atoms with E-state index in [9.17, 15) is 14.7 Å². The molecular weight excluding hydrogens is 400 g/mol. The quantitative estimate of drug-likeness (QED) is 0.652. The molecule has 2 fully saturated rings. The molecule has 0 spiro atoms. The standard InChI is InChI=1S/C22H28N4O3S/c1-15-3-2-4-16(11-15)21(28)23-12-20(27)25-17-13-26(14-17)18-5-8-22(29,9-6-18)19-7-10-24-30-19/h2-4,7,10-11,17-18,29H,5-6,8-9,12-14H2,1H3,(H,23,28)(H,25,27). The zero-order valence-electron chi connectivity index (χ0n) is 17.1. The normalized spacial score (nSPS) is 24.8. The van der Waals surface area contributed by atoms with Crippen molar-refractivity contribution in [3.63, 3.8) is 0 Å². The second kappa shape index (κ2) is 8.83. The van der Waals surface area contributed by atoms with Crippen LogP contribution < -0.4 is 10.6 Å². The summed E-state index contributed by atoms with van der Waals surface area (Å²) < 4.78 is 4.11. The van der Waals surface area contributed by atoms with E-state index >= 15 is 0 Å². The highest BCUT2D eigenvalue weighted by molar-refractivity contribution is 7.05. The minimum Gasteiger partial charge on any atom is -0.384 e. The average molecular weight is 429 g/mol. The van der Waals surface area contributed by atoms with E-state index in [1.807, 2.05) is 25.1 Å². The molecule has 30 heavy (non-hydrogen) atoms. The number of rotatable bonds is 6. The van der Waals surface area contributed by atoms with Crippen molar-refractivity contribution >= 4 is 23.3 Å². The van der Waals surface area contributed by atoms with Crippen LogP contribution in [-0.4, -0.2) is 57.9 Å². The highest BCUT2D eigenvalue weighted by atomic mass is 32.1. The molecule has 1 aromatic carbocycles. The molecule has 3 N–H and O–H groups in total. The molecule has 1 aliphatic heterocycles. The topological polar surface area (TPSA) is 94.6 Å². The van der Waals surface area contributed by atoms with Gasteiger partial charge in [0.25, 0.3) is 5.91 Å². The monoisotopic (exact) mass is 428 g/mol. The molecule has 0 bridgehead atoms. The van der Waals surface area contributed by atoms with Crippen molar-refractivity contribution in [2.24, 2.45) is 0 Å². The fourth-order valence-corrected chi connectivity index (χ4v) is 5.11. The molecule has 0 unspecified atom stereocenters. The van der Waals surface area contributed by atoms with Crippen LogP contribution in [0.1, 0.15) is 46.5 Å². The van der Waals surface area contributed by atoms with Crippen molar-refractivity contribution in [1.29, 1.82) is 0 Å². The molecule has 7 nitrogen and oxygen atoms in total. The zero-order valence-corrected chi connectivity index (χ0v) is 18.0. The van der Waals surface area contributed by atoms with E-state index < -0.39 is 5.60 Å². The molecule has 1 saturated heterocycles. The van der Waals surface area contributed by atoms with Crippen LogP contribution in [0.15, 0.2) is 36.5 Å². The molecule has 4 rings (SSSR count). The lowest BCUT2D eigenvalue weighted by Gasteiger charge is -2.48. The van der Waals surface area contributed by atoms with E-state index in [0.29, 0.717) is 11.6 Å². The molecule has 2 aliphatic rings. The van der Waals surface area contributed by atoms with Crippen molar-refractivity contribution < 1.29 is 14.7 Å². The van der Waals surface area contributed by atoms with Crippen molar-refractivity contribution in [1.82, 2.24) is 19.9 Å². The van der Waals surface area contributed by atoms with Crippen molar-refractivity contribution in [2.45, 2.75) is 50.3 Å². The Morgan fingerprint density at radius 1 is 1.27 bits per heavy atom. The summed E-state index contributed by atoms with van der Waals surface area (Å²) in [5.41, 5.74) is 0.842. The van der Waals surface area contributed by atoms with Crippen LogP contribution in [0.25, 0.3) is 0 Å². The molecular formula is C22H28N4O3S. The zero-order chi connectivity index (χ0) is 21.1. The Bertz CT molecular complexity index is 888. The van der Waals surface area contributed by atoms with E-state index in [1.54, 1.807) is 18.3 Å². The van der Waals surface area contributed by atoms with E-state index in [4.69, 9.17) is 0 Å². The van der Waals surface area contributed by atoms with Crippen LogP contribution in [0, 0.1) is 6.92 Å². The maximum absolute atomic E-state index is 12.2. The van der Waals surface area contributed by atoms with Gasteiger partial charge < -0.3 is 15.7 Å². The second-order valence-corrected chi connectivity index (χ2v) is 9.24. The van der Waals surface area contributed by atoms with Gasteiger partial charge in [0, 0.05) is 30.9 Å². The first-order valence-corrected chi connectivity index (χ1v) is 11.2. The Hall–Kier alpha value is -2.29. The smallest absolute Gasteiger partial charge is 0.251 e. The number of nitrogens with one attached hydrogen (secondary N) is 2. The van der Waals surface area contributed by atoms with Gasteiger partial charge in [0.05, 0.1) is 17.5 Å². The predicted molar refractivity (Wildman–Crippen MR) is 115 cm³/mol. The van der Waals surface area contributed by atoms with Gasteiger partial charge in [0.2, 0.25) is 5.91 Å². The van der Waals surface area contributed by atoms with Crippen molar-refractivity contribution in [3.05, 3.63) is 52.5 Å². The van der Waals surface area contributed by atoms with Gasteiger partial charge in [-0.1, -0.05) is 17.7 Å². The summed E-state index contributed by atoms with van der Waals surface area (Å²) in [5, 5.41) is 16.5. The molecule has 2 aromatic rings. The highest BCUT2D eigenvalue weighted by Gasteiger charge is 2.41. The molecule has 1 aliphatic carbocycles. The van der Waals surface area contributed by atoms with Gasteiger partial charge >= 0.3 is 0 Å². The number of likely N-dealkylation sites (tertiary alicyclic amines) is 1. The van der Waals surface area contributed by atoms with Gasteiger partial charge in [0.1, 0.15) is 5.60 Å². The molecule has 8 heteroatoms. The SMILES string of the molecule is Cc1cccc(C(=O)NCC(=O)NC2CN(C3CCC(O)(c4ccns4)CC3)C2)c1. The lowest BCUT2D eigenvalue weighted by molar-refractivity contribution is -0.122. The minimum absolute atomic E-state index is 0.0193. The number of nitrogens with zero attached hydrogens (tertiary/aromatic N) is 2. The maximum atomic E-state index is 12.2. The summed E-state index contributed by atoms with van der Waals surface area (Å²) in [7, 11) is 0. The summed E-state index contributed by atoms with van der Waals surface area (Å²) >= 11 is 1.38. The number of hydrogen-bond acceptors (Lipinski definition) is 6. The Kier molecular flexibility index (Phi) is 6.17. The minimum atomic E-state index is -0.731. The average Bonchev–Trinajstić information content (AvgIpc) is 3.25. The number of aromatic nitrogens is 1. The van der Waals surface area contributed by atoms with Gasteiger partial charge in [-0.25, -0.2) is 4.37 Å². The molecule has 1 aromatic heterocycles. The van der Waals surface area contributed by atoms with E-state index in [-0.39, 0.29) is 24.4 Å². The van der Waals surface area contributed by atoms with Crippen LogP contribution in [0.5, 0.6) is 0 Å². The van der Waals surface area contributed by atoms with Gasteiger partial charge in [-0.3, -0.25) is 14.5 Å². The molecule has 0 atom stereocenters. The summed E-state index contributed by atoms with van der Waals surface area (Å²) in [6, 6.07) is 9.79. The summed E-state index contributed by atoms with van der Waals surface area (Å²) in [5.74, 6) is -0.399. The fraction of sp³-hybridized carbons (Fsp3) is 0.500.